The third-order valence-corrected chi connectivity index (χ3v) is 5.87. The number of rotatable bonds is 8. The molecule has 5 nitrogen and oxygen atoms in total. The zero-order valence-electron chi connectivity index (χ0n) is 17.6. The lowest BCUT2D eigenvalue weighted by Crippen LogP contribution is -2.27. The van der Waals surface area contributed by atoms with Crippen LogP contribution < -0.4 is 10.0 Å². The Bertz CT molecular complexity index is 1050. The molecule has 2 aromatic rings. The number of benzene rings is 2. The number of nitrogens with one attached hydrogen (secondary N) is 2. The maximum absolute atomic E-state index is 12.9. The van der Waals surface area contributed by atoms with Crippen molar-refractivity contribution in [3.8, 4) is 0 Å². The Kier molecular flexibility index (Phi) is 8.18. The predicted molar refractivity (Wildman–Crippen MR) is 110 cm³/mol. The van der Waals surface area contributed by atoms with E-state index < -0.39 is 45.1 Å². The van der Waals surface area contributed by atoms with Crippen LogP contribution in [0.4, 0.5) is 32.0 Å². The Hall–Kier alpha value is -2.60. The maximum atomic E-state index is 12.9. The summed E-state index contributed by atoms with van der Waals surface area (Å²) in [5.74, 6) is -0.681. The van der Waals surface area contributed by atoms with E-state index in [0.29, 0.717) is 17.7 Å². The molecular formula is C21H22F6N2O3S. The second kappa shape index (κ2) is 10.1. The van der Waals surface area contributed by atoms with Crippen LogP contribution in [0.5, 0.6) is 0 Å². The second-order valence-electron chi connectivity index (χ2n) is 7.73. The molecule has 12 heteroatoms. The summed E-state index contributed by atoms with van der Waals surface area (Å²) in [4.78, 5) is 12.1. The summed E-state index contributed by atoms with van der Waals surface area (Å²) in [5.41, 5.74) is -3.13. The van der Waals surface area contributed by atoms with Crippen LogP contribution in [0.3, 0.4) is 0 Å². The minimum Gasteiger partial charge on any atom is -0.326 e. The van der Waals surface area contributed by atoms with Gasteiger partial charge in [0, 0.05) is 18.7 Å². The molecule has 0 unspecified atom stereocenters. The summed E-state index contributed by atoms with van der Waals surface area (Å²) in [6, 6.07) is 6.47. The van der Waals surface area contributed by atoms with E-state index in [2.05, 4.69) is 10.0 Å². The minimum atomic E-state index is -5.02. The molecule has 0 aromatic heterocycles. The smallest absolute Gasteiger partial charge is 0.326 e. The molecule has 2 aromatic carbocycles. The van der Waals surface area contributed by atoms with Gasteiger partial charge in [-0.25, -0.2) is 13.1 Å². The van der Waals surface area contributed by atoms with Crippen molar-refractivity contribution in [1.82, 2.24) is 4.72 Å². The van der Waals surface area contributed by atoms with E-state index in [1.165, 1.54) is 24.3 Å². The molecule has 0 heterocycles. The molecule has 0 radical (unpaired) electrons. The molecule has 0 saturated carbocycles. The van der Waals surface area contributed by atoms with Crippen molar-refractivity contribution in [2.75, 3.05) is 11.9 Å². The van der Waals surface area contributed by atoms with Gasteiger partial charge in [0.15, 0.2) is 0 Å². The number of hydrogen-bond donors (Lipinski definition) is 2. The van der Waals surface area contributed by atoms with Gasteiger partial charge in [-0.3, -0.25) is 4.79 Å². The largest absolute Gasteiger partial charge is 0.416 e. The molecule has 0 fully saturated rings. The highest BCUT2D eigenvalue weighted by atomic mass is 32.2. The fraction of sp³-hybridized carbons (Fsp3) is 0.381. The van der Waals surface area contributed by atoms with Crippen LogP contribution in [-0.2, 0) is 33.6 Å². The Balaban J connectivity index is 2.06. The molecule has 0 bridgehead atoms. The summed E-state index contributed by atoms with van der Waals surface area (Å²) < 4.78 is 104. The number of carbonyl (C=O) groups is 1. The second-order valence-corrected chi connectivity index (χ2v) is 9.50. The SMILES string of the molecule is CC(C)CNS(=O)(=O)c1ccc(CCC(=O)Nc2cc(C(F)(F)F)cc(C(F)(F)F)c2)cc1. The first-order valence-corrected chi connectivity index (χ1v) is 11.2. The van der Waals surface area contributed by atoms with Gasteiger partial charge in [-0.15, -0.1) is 0 Å². The van der Waals surface area contributed by atoms with Gasteiger partial charge in [0.2, 0.25) is 15.9 Å². The molecule has 1 amide bonds. The van der Waals surface area contributed by atoms with Crippen molar-refractivity contribution >= 4 is 21.6 Å². The van der Waals surface area contributed by atoms with E-state index in [9.17, 15) is 39.6 Å². The lowest BCUT2D eigenvalue weighted by molar-refractivity contribution is -0.143. The molecule has 0 aliphatic rings. The Morgan fingerprint density at radius 3 is 1.88 bits per heavy atom. The molecule has 0 aliphatic heterocycles. The normalized spacial score (nSPS) is 12.8. The van der Waals surface area contributed by atoms with E-state index in [1.807, 2.05) is 13.8 Å². The number of aryl methyl sites for hydroxylation is 1. The van der Waals surface area contributed by atoms with E-state index in [0.717, 1.165) is 0 Å². The number of carbonyl (C=O) groups excluding carboxylic acids is 1. The first kappa shape index (κ1) is 26.7. The molecule has 0 spiro atoms. The molecule has 2 N–H and O–H groups in total. The lowest BCUT2D eigenvalue weighted by atomic mass is 10.1. The van der Waals surface area contributed by atoms with Gasteiger partial charge < -0.3 is 5.32 Å². The minimum absolute atomic E-state index is 0.0265. The number of amides is 1. The number of sulfonamides is 1. The highest BCUT2D eigenvalue weighted by molar-refractivity contribution is 7.89. The summed E-state index contributed by atoms with van der Waals surface area (Å²) in [6.07, 6.45) is -10.2. The Labute approximate surface area is 187 Å². The predicted octanol–water partition coefficient (Wildman–Crippen LogP) is 5.23. The topological polar surface area (TPSA) is 75.3 Å². The lowest BCUT2D eigenvalue weighted by Gasteiger charge is -2.15. The van der Waals surface area contributed by atoms with Gasteiger partial charge >= 0.3 is 12.4 Å². The first-order valence-electron chi connectivity index (χ1n) is 9.76. The quantitative estimate of drug-likeness (QED) is 0.492. The number of anilines is 1. The standard InChI is InChI=1S/C21H22F6N2O3S/c1-13(2)12-28-33(31,32)18-6-3-14(4-7-18)5-8-19(30)29-17-10-15(20(22,23)24)9-16(11-17)21(25,26)27/h3-4,6-7,9-11,13,28H,5,8,12H2,1-2H3,(H,29,30). The summed E-state index contributed by atoms with van der Waals surface area (Å²) in [7, 11) is -3.69. The van der Waals surface area contributed by atoms with Crippen molar-refractivity contribution in [2.24, 2.45) is 5.92 Å². The van der Waals surface area contributed by atoms with Crippen molar-refractivity contribution < 1.29 is 39.6 Å². The van der Waals surface area contributed by atoms with E-state index in [1.54, 1.807) is 0 Å². The van der Waals surface area contributed by atoms with E-state index in [-0.39, 0.29) is 36.3 Å². The number of hydrogen-bond acceptors (Lipinski definition) is 3. The Morgan fingerprint density at radius 2 is 1.42 bits per heavy atom. The van der Waals surface area contributed by atoms with Crippen LogP contribution >= 0.6 is 0 Å². The van der Waals surface area contributed by atoms with Crippen LogP contribution in [0, 0.1) is 5.92 Å². The number of alkyl halides is 6. The summed E-state index contributed by atoms with van der Waals surface area (Å²) in [5, 5.41) is 2.06. The fourth-order valence-electron chi connectivity index (χ4n) is 2.70. The molecule has 0 saturated heterocycles. The molecule has 0 atom stereocenters. The average Bonchev–Trinajstić information content (AvgIpc) is 2.69. The maximum Gasteiger partial charge on any atom is 0.416 e. The van der Waals surface area contributed by atoms with Crippen molar-refractivity contribution in [3.63, 3.8) is 0 Å². The van der Waals surface area contributed by atoms with Crippen LogP contribution in [-0.4, -0.2) is 20.9 Å². The molecular weight excluding hydrogens is 474 g/mol. The van der Waals surface area contributed by atoms with Gasteiger partial charge in [-0.05, 0) is 48.2 Å². The monoisotopic (exact) mass is 496 g/mol. The first-order chi connectivity index (χ1) is 15.1. The molecule has 2 rings (SSSR count). The van der Waals surface area contributed by atoms with Gasteiger partial charge in [-0.2, -0.15) is 26.3 Å². The molecule has 182 valence electrons. The zero-order chi connectivity index (χ0) is 25.0. The van der Waals surface area contributed by atoms with Gasteiger partial charge in [0.25, 0.3) is 0 Å². The van der Waals surface area contributed by atoms with Gasteiger partial charge in [-0.1, -0.05) is 26.0 Å². The molecule has 33 heavy (non-hydrogen) atoms. The van der Waals surface area contributed by atoms with E-state index >= 15 is 0 Å². The summed E-state index contributed by atoms with van der Waals surface area (Å²) in [6.45, 7) is 3.95. The number of halogens is 6. The summed E-state index contributed by atoms with van der Waals surface area (Å²) >= 11 is 0. The third kappa shape index (κ3) is 8.04. The highest BCUT2D eigenvalue weighted by Crippen LogP contribution is 2.37. The van der Waals surface area contributed by atoms with Crippen LogP contribution in [0.15, 0.2) is 47.4 Å². The van der Waals surface area contributed by atoms with Crippen LogP contribution in [0.1, 0.15) is 37.0 Å². The van der Waals surface area contributed by atoms with Crippen molar-refractivity contribution in [3.05, 3.63) is 59.2 Å². The van der Waals surface area contributed by atoms with Crippen molar-refractivity contribution in [2.45, 2.75) is 43.9 Å². The van der Waals surface area contributed by atoms with E-state index in [4.69, 9.17) is 0 Å². The average molecular weight is 496 g/mol. The van der Waals surface area contributed by atoms with Crippen LogP contribution in [0.25, 0.3) is 0 Å². The Morgan fingerprint density at radius 1 is 0.909 bits per heavy atom. The fourth-order valence-corrected chi connectivity index (χ4v) is 3.92. The highest BCUT2D eigenvalue weighted by Gasteiger charge is 2.37. The molecule has 0 aliphatic carbocycles. The van der Waals surface area contributed by atoms with Gasteiger partial charge in [0.05, 0.1) is 16.0 Å². The third-order valence-electron chi connectivity index (χ3n) is 4.43. The van der Waals surface area contributed by atoms with Gasteiger partial charge in [0.1, 0.15) is 0 Å². The van der Waals surface area contributed by atoms with Crippen LogP contribution in [0.2, 0.25) is 0 Å². The zero-order valence-corrected chi connectivity index (χ0v) is 18.5. The van der Waals surface area contributed by atoms with Crippen molar-refractivity contribution in [1.29, 1.82) is 0 Å².